The number of nitrogens with zero attached hydrogens (tertiary/aromatic N) is 3. The molecule has 0 saturated heterocycles. The average molecular weight is 494 g/mol. The molecule has 0 radical (unpaired) electrons. The van der Waals surface area contributed by atoms with E-state index >= 15 is 0 Å². The van der Waals surface area contributed by atoms with Crippen LogP contribution in [0.2, 0.25) is 0 Å². The molecule has 1 heterocycles. The van der Waals surface area contributed by atoms with Crippen molar-refractivity contribution in [1.29, 1.82) is 0 Å². The molecule has 1 aliphatic carbocycles. The van der Waals surface area contributed by atoms with Gasteiger partial charge in [0.25, 0.3) is 0 Å². The summed E-state index contributed by atoms with van der Waals surface area (Å²) in [7, 11) is 1.82. The van der Waals surface area contributed by atoms with Gasteiger partial charge in [-0.05, 0) is 44.0 Å². The Bertz CT molecular complexity index is 1310. The van der Waals surface area contributed by atoms with Gasteiger partial charge >= 0.3 is 6.09 Å². The van der Waals surface area contributed by atoms with E-state index < -0.39 is 0 Å². The van der Waals surface area contributed by atoms with E-state index in [1.54, 1.807) is 4.90 Å². The molecule has 1 aromatic heterocycles. The van der Waals surface area contributed by atoms with Crippen LogP contribution in [0, 0.1) is 6.92 Å². The molecule has 0 atom stereocenters. The molecule has 3 aromatic carbocycles. The van der Waals surface area contributed by atoms with Crippen molar-refractivity contribution in [3.63, 3.8) is 0 Å². The van der Waals surface area contributed by atoms with Crippen LogP contribution in [-0.2, 0) is 11.3 Å². The lowest BCUT2D eigenvalue weighted by Gasteiger charge is -2.23. The van der Waals surface area contributed by atoms with Gasteiger partial charge in [0.1, 0.15) is 6.61 Å². The van der Waals surface area contributed by atoms with Crippen molar-refractivity contribution in [1.82, 2.24) is 10.1 Å². The van der Waals surface area contributed by atoms with Gasteiger partial charge in [0.15, 0.2) is 5.76 Å². The maximum Gasteiger partial charge on any atom is 0.410 e. The Morgan fingerprint density at radius 2 is 1.54 bits per heavy atom. The summed E-state index contributed by atoms with van der Waals surface area (Å²) in [4.78, 5) is 19.3. The maximum absolute atomic E-state index is 12.6. The SMILES string of the molecule is Cc1noc(-c2ccc(N=C(c3ccccc3)c3ccccc3)cc2)c1COC(=O)N(C)C1CCCC1. The van der Waals surface area contributed by atoms with Crippen LogP contribution in [0.5, 0.6) is 0 Å². The van der Waals surface area contributed by atoms with Gasteiger partial charge in [0.05, 0.1) is 22.7 Å². The van der Waals surface area contributed by atoms with E-state index in [1.165, 1.54) is 0 Å². The molecule has 5 rings (SSSR count). The van der Waals surface area contributed by atoms with Crippen molar-refractivity contribution in [3.8, 4) is 11.3 Å². The highest BCUT2D eigenvalue weighted by molar-refractivity contribution is 6.13. The van der Waals surface area contributed by atoms with Gasteiger partial charge in [0, 0.05) is 29.8 Å². The Morgan fingerprint density at radius 3 is 2.14 bits per heavy atom. The highest BCUT2D eigenvalue weighted by Gasteiger charge is 2.25. The van der Waals surface area contributed by atoms with E-state index in [9.17, 15) is 4.79 Å². The first-order chi connectivity index (χ1) is 18.1. The van der Waals surface area contributed by atoms with E-state index in [0.29, 0.717) is 11.5 Å². The summed E-state index contributed by atoms with van der Waals surface area (Å²) in [6, 6.07) is 28.4. The normalized spacial score (nSPS) is 13.4. The second kappa shape index (κ2) is 11.2. The van der Waals surface area contributed by atoms with Gasteiger partial charge in [-0.25, -0.2) is 9.79 Å². The number of ether oxygens (including phenoxy) is 1. The van der Waals surface area contributed by atoms with Gasteiger partial charge in [-0.2, -0.15) is 0 Å². The van der Waals surface area contributed by atoms with E-state index in [1.807, 2.05) is 74.6 Å². The molecule has 0 spiro atoms. The zero-order valence-electron chi connectivity index (χ0n) is 21.3. The summed E-state index contributed by atoms with van der Waals surface area (Å²) >= 11 is 0. The number of rotatable bonds is 7. The first kappa shape index (κ1) is 24.5. The molecular formula is C31H31N3O3. The first-order valence-electron chi connectivity index (χ1n) is 12.7. The van der Waals surface area contributed by atoms with Gasteiger partial charge < -0.3 is 14.2 Å². The third-order valence-electron chi connectivity index (χ3n) is 6.95. The molecule has 1 fully saturated rings. The summed E-state index contributed by atoms with van der Waals surface area (Å²) in [5.74, 6) is 0.607. The number of hydrogen-bond donors (Lipinski definition) is 0. The fourth-order valence-electron chi connectivity index (χ4n) is 4.77. The predicted molar refractivity (Wildman–Crippen MR) is 145 cm³/mol. The van der Waals surface area contributed by atoms with Crippen LogP contribution in [0.25, 0.3) is 11.3 Å². The highest BCUT2D eigenvalue weighted by atomic mass is 16.6. The summed E-state index contributed by atoms with van der Waals surface area (Å²) < 4.78 is 11.3. The predicted octanol–water partition coefficient (Wildman–Crippen LogP) is 7.33. The number of carbonyl (C=O) groups excluding carboxylic acids is 1. The van der Waals surface area contributed by atoms with Crippen molar-refractivity contribution in [2.24, 2.45) is 4.99 Å². The van der Waals surface area contributed by atoms with Crippen molar-refractivity contribution in [2.45, 2.75) is 45.3 Å². The minimum atomic E-state index is -0.308. The number of carbonyl (C=O) groups is 1. The van der Waals surface area contributed by atoms with E-state index in [2.05, 4.69) is 29.4 Å². The number of hydrogen-bond acceptors (Lipinski definition) is 5. The highest BCUT2D eigenvalue weighted by Crippen LogP contribution is 2.30. The zero-order valence-corrected chi connectivity index (χ0v) is 21.3. The van der Waals surface area contributed by atoms with Crippen LogP contribution in [0.15, 0.2) is 94.4 Å². The number of amides is 1. The van der Waals surface area contributed by atoms with E-state index in [-0.39, 0.29) is 18.7 Å². The zero-order chi connectivity index (χ0) is 25.6. The average Bonchev–Trinajstić information content (AvgIpc) is 3.61. The Hall–Kier alpha value is -4.19. The Balaban J connectivity index is 1.36. The third-order valence-corrected chi connectivity index (χ3v) is 6.95. The summed E-state index contributed by atoms with van der Waals surface area (Å²) in [5.41, 5.74) is 6.18. The quantitative estimate of drug-likeness (QED) is 0.253. The van der Waals surface area contributed by atoms with Crippen LogP contribution in [-0.4, -0.2) is 35.0 Å². The monoisotopic (exact) mass is 493 g/mol. The molecule has 37 heavy (non-hydrogen) atoms. The summed E-state index contributed by atoms with van der Waals surface area (Å²) in [6.07, 6.45) is 4.09. The summed E-state index contributed by atoms with van der Waals surface area (Å²) in [5, 5.41) is 4.14. The van der Waals surface area contributed by atoms with Gasteiger partial charge in [0.2, 0.25) is 0 Å². The van der Waals surface area contributed by atoms with Crippen LogP contribution < -0.4 is 0 Å². The standard InChI is InChI=1S/C31H31N3O3/c1-22-28(21-36-31(35)34(2)27-15-9-10-16-27)30(37-33-22)25-17-19-26(20-18-25)32-29(23-11-5-3-6-12-23)24-13-7-4-8-14-24/h3-8,11-14,17-20,27H,9-10,15-16,21H2,1-2H3. The fraction of sp³-hybridized carbons (Fsp3) is 0.258. The Morgan fingerprint density at radius 1 is 0.946 bits per heavy atom. The smallest absolute Gasteiger partial charge is 0.410 e. The molecule has 6 nitrogen and oxygen atoms in total. The van der Waals surface area contributed by atoms with E-state index in [4.69, 9.17) is 14.3 Å². The lowest BCUT2D eigenvalue weighted by atomic mass is 10.0. The Kier molecular flexibility index (Phi) is 7.45. The molecule has 4 aromatic rings. The number of aliphatic imine (C=N–C) groups is 1. The van der Waals surface area contributed by atoms with Gasteiger partial charge in [-0.1, -0.05) is 78.7 Å². The largest absolute Gasteiger partial charge is 0.444 e. The maximum atomic E-state index is 12.6. The van der Waals surface area contributed by atoms with Crippen molar-refractivity contribution >= 4 is 17.5 Å². The molecule has 0 N–H and O–H groups in total. The molecule has 188 valence electrons. The van der Waals surface area contributed by atoms with Crippen molar-refractivity contribution < 1.29 is 14.1 Å². The minimum Gasteiger partial charge on any atom is -0.444 e. The van der Waals surface area contributed by atoms with Crippen LogP contribution in [0.4, 0.5) is 10.5 Å². The van der Waals surface area contributed by atoms with Crippen LogP contribution in [0.1, 0.15) is 48.1 Å². The Labute approximate surface area is 217 Å². The van der Waals surface area contributed by atoms with E-state index in [0.717, 1.165) is 59.3 Å². The molecule has 1 saturated carbocycles. The molecule has 1 amide bonds. The first-order valence-corrected chi connectivity index (χ1v) is 12.7. The number of aryl methyl sites for hydroxylation is 1. The van der Waals surface area contributed by atoms with Crippen LogP contribution in [0.3, 0.4) is 0 Å². The fourth-order valence-corrected chi connectivity index (χ4v) is 4.77. The lowest BCUT2D eigenvalue weighted by molar-refractivity contribution is 0.0917. The lowest BCUT2D eigenvalue weighted by Crippen LogP contribution is -2.35. The molecular weight excluding hydrogens is 462 g/mol. The second-order valence-electron chi connectivity index (χ2n) is 9.42. The topological polar surface area (TPSA) is 67.9 Å². The third kappa shape index (κ3) is 5.64. The van der Waals surface area contributed by atoms with Gasteiger partial charge in [-0.15, -0.1) is 0 Å². The summed E-state index contributed by atoms with van der Waals surface area (Å²) in [6.45, 7) is 1.98. The number of aromatic nitrogens is 1. The van der Waals surface area contributed by atoms with Crippen molar-refractivity contribution in [3.05, 3.63) is 107 Å². The minimum absolute atomic E-state index is 0.118. The molecule has 6 heteroatoms. The molecule has 0 aliphatic heterocycles. The molecule has 1 aliphatic rings. The second-order valence-corrected chi connectivity index (χ2v) is 9.42. The molecule has 0 bridgehead atoms. The van der Waals surface area contributed by atoms with Crippen molar-refractivity contribution in [2.75, 3.05) is 7.05 Å². The number of benzene rings is 3. The molecule has 0 unspecified atom stereocenters. The van der Waals surface area contributed by atoms with Crippen LogP contribution >= 0.6 is 0 Å². The van der Waals surface area contributed by atoms with Gasteiger partial charge in [-0.3, -0.25) is 0 Å².